The fourth-order valence-corrected chi connectivity index (χ4v) is 2.73. The second kappa shape index (κ2) is 6.29. The first-order valence-electron chi connectivity index (χ1n) is 7.10. The molecule has 1 aliphatic rings. The lowest BCUT2D eigenvalue weighted by Gasteiger charge is -2.29. The summed E-state index contributed by atoms with van der Waals surface area (Å²) >= 11 is 5.94. The Labute approximate surface area is 129 Å². The van der Waals surface area contributed by atoms with Gasteiger partial charge in [0.1, 0.15) is 0 Å². The molecule has 0 radical (unpaired) electrons. The number of hydrogen-bond acceptors (Lipinski definition) is 3. The number of carbonyl (C=O) groups excluding carboxylic acids is 1. The number of halogens is 1. The van der Waals surface area contributed by atoms with Crippen molar-refractivity contribution in [1.82, 2.24) is 5.32 Å². The minimum absolute atomic E-state index is 0.00404. The molecule has 0 spiro atoms. The molecule has 108 valence electrons. The molecule has 1 saturated heterocycles. The van der Waals surface area contributed by atoms with Gasteiger partial charge in [0.05, 0.1) is 0 Å². The van der Waals surface area contributed by atoms with E-state index < -0.39 is 0 Å². The maximum absolute atomic E-state index is 12.4. The minimum atomic E-state index is 0.00404. The maximum atomic E-state index is 12.4. The van der Waals surface area contributed by atoms with Crippen molar-refractivity contribution in [3.05, 3.63) is 64.7 Å². The summed E-state index contributed by atoms with van der Waals surface area (Å²) in [6.07, 6.45) is 0. The average Bonchev–Trinajstić information content (AvgIpc) is 2.55. The lowest BCUT2D eigenvalue weighted by atomic mass is 10.0. The van der Waals surface area contributed by atoms with Crippen molar-refractivity contribution >= 4 is 23.1 Å². The van der Waals surface area contributed by atoms with Crippen molar-refractivity contribution in [2.75, 3.05) is 31.1 Å². The van der Waals surface area contributed by atoms with Crippen molar-refractivity contribution < 1.29 is 4.79 Å². The van der Waals surface area contributed by atoms with E-state index in [1.807, 2.05) is 24.3 Å². The Hall–Kier alpha value is -1.84. The third-order valence-corrected chi connectivity index (χ3v) is 3.93. The molecule has 0 unspecified atom stereocenters. The normalized spacial score (nSPS) is 15.0. The molecule has 1 heterocycles. The van der Waals surface area contributed by atoms with Crippen LogP contribution in [0.25, 0.3) is 0 Å². The van der Waals surface area contributed by atoms with E-state index in [1.54, 1.807) is 24.3 Å². The summed E-state index contributed by atoms with van der Waals surface area (Å²) in [6, 6.07) is 14.9. The number of piperazine rings is 1. The van der Waals surface area contributed by atoms with Gasteiger partial charge in [-0.05, 0) is 36.4 Å². The Bertz CT molecular complexity index is 633. The van der Waals surface area contributed by atoms with Gasteiger partial charge in [0, 0.05) is 48.0 Å². The van der Waals surface area contributed by atoms with E-state index in [0.29, 0.717) is 16.1 Å². The van der Waals surface area contributed by atoms with Crippen LogP contribution in [-0.4, -0.2) is 32.0 Å². The van der Waals surface area contributed by atoms with Crippen LogP contribution >= 0.6 is 11.6 Å². The van der Waals surface area contributed by atoms with Gasteiger partial charge in [-0.1, -0.05) is 23.7 Å². The van der Waals surface area contributed by atoms with E-state index >= 15 is 0 Å². The molecular weight excluding hydrogens is 284 g/mol. The summed E-state index contributed by atoms with van der Waals surface area (Å²) in [7, 11) is 0. The number of ketones is 1. The molecule has 2 aromatic rings. The Morgan fingerprint density at radius 1 is 1.00 bits per heavy atom. The van der Waals surface area contributed by atoms with Crippen LogP contribution in [0.5, 0.6) is 0 Å². The molecule has 2 aromatic carbocycles. The van der Waals surface area contributed by atoms with Gasteiger partial charge in [0.25, 0.3) is 0 Å². The summed E-state index contributed by atoms with van der Waals surface area (Å²) in [5, 5.41) is 3.91. The number of hydrogen-bond donors (Lipinski definition) is 1. The Kier molecular flexibility index (Phi) is 4.23. The van der Waals surface area contributed by atoms with E-state index in [2.05, 4.69) is 10.2 Å². The monoisotopic (exact) mass is 300 g/mol. The number of benzene rings is 2. The van der Waals surface area contributed by atoms with E-state index in [0.717, 1.165) is 26.2 Å². The summed E-state index contributed by atoms with van der Waals surface area (Å²) < 4.78 is 0. The zero-order valence-electron chi connectivity index (χ0n) is 11.7. The zero-order valence-corrected chi connectivity index (χ0v) is 12.4. The van der Waals surface area contributed by atoms with E-state index in [4.69, 9.17) is 11.6 Å². The van der Waals surface area contributed by atoms with Crippen molar-refractivity contribution in [3.63, 3.8) is 0 Å². The van der Waals surface area contributed by atoms with Crippen LogP contribution in [0.4, 0.5) is 5.69 Å². The van der Waals surface area contributed by atoms with Crippen molar-refractivity contribution in [2.45, 2.75) is 0 Å². The largest absolute Gasteiger partial charge is 0.369 e. The topological polar surface area (TPSA) is 32.3 Å². The zero-order chi connectivity index (χ0) is 14.7. The summed E-state index contributed by atoms with van der Waals surface area (Å²) in [5.74, 6) is 0.00404. The van der Waals surface area contributed by atoms with Gasteiger partial charge in [0.2, 0.25) is 0 Å². The predicted molar refractivity (Wildman–Crippen MR) is 86.4 cm³/mol. The first-order chi connectivity index (χ1) is 10.2. The molecule has 0 saturated carbocycles. The van der Waals surface area contributed by atoms with Gasteiger partial charge in [-0.2, -0.15) is 0 Å². The van der Waals surface area contributed by atoms with Crippen LogP contribution in [0, 0.1) is 0 Å². The van der Waals surface area contributed by atoms with Gasteiger partial charge in [-0.25, -0.2) is 0 Å². The van der Waals surface area contributed by atoms with Gasteiger partial charge in [-0.3, -0.25) is 4.79 Å². The van der Waals surface area contributed by atoms with E-state index in [-0.39, 0.29) is 5.78 Å². The fraction of sp³-hybridized carbons (Fsp3) is 0.235. The van der Waals surface area contributed by atoms with Crippen molar-refractivity contribution in [1.29, 1.82) is 0 Å². The van der Waals surface area contributed by atoms with Crippen LogP contribution < -0.4 is 10.2 Å². The molecule has 21 heavy (non-hydrogen) atoms. The molecule has 1 aliphatic heterocycles. The highest BCUT2D eigenvalue weighted by atomic mass is 35.5. The molecule has 3 nitrogen and oxygen atoms in total. The number of anilines is 1. The van der Waals surface area contributed by atoms with Crippen LogP contribution in [0.3, 0.4) is 0 Å². The Morgan fingerprint density at radius 3 is 2.38 bits per heavy atom. The van der Waals surface area contributed by atoms with E-state index in [1.165, 1.54) is 5.69 Å². The standard InChI is InChI=1S/C17H17ClN2O/c18-15-3-1-2-14(12-15)17(21)13-4-6-16(7-5-13)20-10-8-19-9-11-20/h1-7,12,19H,8-11H2. The van der Waals surface area contributed by atoms with Gasteiger partial charge >= 0.3 is 0 Å². The van der Waals surface area contributed by atoms with Crippen molar-refractivity contribution in [2.24, 2.45) is 0 Å². The quantitative estimate of drug-likeness (QED) is 0.885. The third-order valence-electron chi connectivity index (χ3n) is 3.70. The number of carbonyl (C=O) groups is 1. The second-order valence-corrected chi connectivity index (χ2v) is 5.56. The molecule has 1 fully saturated rings. The van der Waals surface area contributed by atoms with Crippen LogP contribution in [-0.2, 0) is 0 Å². The predicted octanol–water partition coefficient (Wildman–Crippen LogP) is 2.98. The number of nitrogens with zero attached hydrogens (tertiary/aromatic N) is 1. The van der Waals surface area contributed by atoms with Gasteiger partial charge in [-0.15, -0.1) is 0 Å². The van der Waals surface area contributed by atoms with Gasteiger partial charge < -0.3 is 10.2 Å². The van der Waals surface area contributed by atoms with Crippen molar-refractivity contribution in [3.8, 4) is 0 Å². The molecule has 0 amide bonds. The van der Waals surface area contributed by atoms with E-state index in [9.17, 15) is 4.79 Å². The molecule has 0 aromatic heterocycles. The van der Waals surface area contributed by atoms with Crippen LogP contribution in [0.15, 0.2) is 48.5 Å². The second-order valence-electron chi connectivity index (χ2n) is 5.12. The third kappa shape index (κ3) is 3.26. The van der Waals surface area contributed by atoms with Gasteiger partial charge in [0.15, 0.2) is 5.78 Å². The highest BCUT2D eigenvalue weighted by Gasteiger charge is 2.12. The summed E-state index contributed by atoms with van der Waals surface area (Å²) in [6.45, 7) is 4.01. The van der Waals surface area contributed by atoms with Crippen LogP contribution in [0.1, 0.15) is 15.9 Å². The summed E-state index contributed by atoms with van der Waals surface area (Å²) in [4.78, 5) is 14.7. The molecule has 3 rings (SSSR count). The first-order valence-corrected chi connectivity index (χ1v) is 7.48. The Balaban J connectivity index is 1.78. The smallest absolute Gasteiger partial charge is 0.193 e. The summed E-state index contributed by atoms with van der Waals surface area (Å²) in [5.41, 5.74) is 2.48. The number of rotatable bonds is 3. The lowest BCUT2D eigenvalue weighted by Crippen LogP contribution is -2.43. The highest BCUT2D eigenvalue weighted by Crippen LogP contribution is 2.19. The fourth-order valence-electron chi connectivity index (χ4n) is 2.54. The average molecular weight is 301 g/mol. The molecule has 4 heteroatoms. The van der Waals surface area contributed by atoms with Crippen LogP contribution in [0.2, 0.25) is 5.02 Å². The highest BCUT2D eigenvalue weighted by molar-refractivity contribution is 6.31. The molecule has 1 N–H and O–H groups in total. The Morgan fingerprint density at radius 2 is 1.71 bits per heavy atom. The minimum Gasteiger partial charge on any atom is -0.369 e. The number of nitrogens with one attached hydrogen (secondary N) is 1. The lowest BCUT2D eigenvalue weighted by molar-refractivity contribution is 0.103. The SMILES string of the molecule is O=C(c1ccc(N2CCNCC2)cc1)c1cccc(Cl)c1. The molecule has 0 aliphatic carbocycles. The maximum Gasteiger partial charge on any atom is 0.193 e. The molecule has 0 bridgehead atoms. The molecule has 0 atom stereocenters. The first kappa shape index (κ1) is 14.1. The molecular formula is C17H17ClN2O.